The van der Waals surface area contributed by atoms with Gasteiger partial charge in [-0.25, -0.2) is 4.79 Å². The normalized spacial score (nSPS) is 14.5. The molecule has 0 fully saturated rings. The van der Waals surface area contributed by atoms with Crippen LogP contribution in [0.2, 0.25) is 0 Å². The van der Waals surface area contributed by atoms with E-state index in [4.69, 9.17) is 9.26 Å². The van der Waals surface area contributed by atoms with E-state index in [0.717, 1.165) is 0 Å². The van der Waals surface area contributed by atoms with Crippen LogP contribution in [-0.2, 0) is 9.09 Å². The molecule has 0 bridgehead atoms. The van der Waals surface area contributed by atoms with Crippen molar-refractivity contribution in [3.8, 4) is 5.75 Å². The van der Waals surface area contributed by atoms with E-state index in [1.165, 1.54) is 6.66 Å². The van der Waals surface area contributed by atoms with E-state index in [1.807, 2.05) is 0 Å². The van der Waals surface area contributed by atoms with Gasteiger partial charge in [-0.15, -0.1) is 0 Å². The number of hydrogen-bond donors (Lipinski definition) is 0. The lowest BCUT2D eigenvalue weighted by molar-refractivity contribution is 0.204. The highest BCUT2D eigenvalue weighted by Gasteiger charge is 2.30. The van der Waals surface area contributed by atoms with Crippen molar-refractivity contribution in [2.45, 2.75) is 20.0 Å². The zero-order chi connectivity index (χ0) is 12.2. The van der Waals surface area contributed by atoms with Crippen molar-refractivity contribution in [1.29, 1.82) is 0 Å². The topological polar surface area (TPSA) is 52.6 Å². The molecule has 1 aromatic carbocycles. The Morgan fingerprint density at radius 1 is 1.25 bits per heavy atom. The summed E-state index contributed by atoms with van der Waals surface area (Å²) < 4.78 is 21.8. The lowest BCUT2D eigenvalue weighted by Crippen LogP contribution is -2.11. The molecule has 0 unspecified atom stereocenters. The number of carbonyl (C=O) groups excluding carboxylic acids is 1. The van der Waals surface area contributed by atoms with Crippen LogP contribution in [0.15, 0.2) is 30.3 Å². The third kappa shape index (κ3) is 3.80. The van der Waals surface area contributed by atoms with E-state index in [-0.39, 0.29) is 6.10 Å². The van der Waals surface area contributed by atoms with Crippen molar-refractivity contribution in [3.63, 3.8) is 0 Å². The van der Waals surface area contributed by atoms with Crippen molar-refractivity contribution in [2.75, 3.05) is 6.66 Å². The Morgan fingerprint density at radius 3 is 2.31 bits per heavy atom. The number of para-hydroxylation sites is 1. The predicted molar refractivity (Wildman–Crippen MR) is 62.2 cm³/mol. The molecular formula is C11H15O4P. The van der Waals surface area contributed by atoms with Gasteiger partial charge >= 0.3 is 13.1 Å². The van der Waals surface area contributed by atoms with Crippen LogP contribution in [0.5, 0.6) is 5.75 Å². The quantitative estimate of drug-likeness (QED) is 0.758. The number of ether oxygens (including phenoxy) is 1. The smallest absolute Gasteiger partial charge is 0.396 e. The summed E-state index contributed by atoms with van der Waals surface area (Å²) in [5.41, 5.74) is -0.826. The Morgan fingerprint density at radius 2 is 1.81 bits per heavy atom. The molecule has 0 aliphatic heterocycles. The molecule has 0 spiro atoms. The van der Waals surface area contributed by atoms with E-state index in [2.05, 4.69) is 0 Å². The Bertz CT molecular complexity index is 400. The van der Waals surface area contributed by atoms with Gasteiger partial charge in [-0.3, -0.25) is 4.57 Å². The fourth-order valence-corrected chi connectivity index (χ4v) is 2.28. The summed E-state index contributed by atoms with van der Waals surface area (Å²) in [7, 11) is -3.37. The molecule has 1 rings (SSSR count). The lowest BCUT2D eigenvalue weighted by Gasteiger charge is -2.14. The molecule has 0 N–H and O–H groups in total. The second-order valence-electron chi connectivity index (χ2n) is 3.68. The number of hydrogen-bond acceptors (Lipinski definition) is 4. The fraction of sp³-hybridized carbons (Fsp3) is 0.364. The van der Waals surface area contributed by atoms with Gasteiger partial charge in [-0.2, -0.15) is 0 Å². The molecule has 0 amide bonds. The molecular weight excluding hydrogens is 227 g/mol. The Balaban J connectivity index is 2.69. The molecule has 0 saturated heterocycles. The molecule has 1 atom stereocenters. The first-order chi connectivity index (χ1) is 7.42. The van der Waals surface area contributed by atoms with Crippen LogP contribution in [0, 0.1) is 0 Å². The van der Waals surface area contributed by atoms with Gasteiger partial charge in [0.15, 0.2) is 0 Å². The summed E-state index contributed by atoms with van der Waals surface area (Å²) in [5.74, 6) is 0.363. The van der Waals surface area contributed by atoms with Crippen molar-refractivity contribution >= 4 is 13.1 Å². The molecule has 16 heavy (non-hydrogen) atoms. The Kier molecular flexibility index (Phi) is 4.27. The summed E-state index contributed by atoms with van der Waals surface area (Å²) in [5, 5.41) is 0. The monoisotopic (exact) mass is 242 g/mol. The SMILES string of the molecule is CC(C)O[P@](C)(=O)C(=O)Oc1ccccc1. The van der Waals surface area contributed by atoms with Gasteiger partial charge in [0.05, 0.1) is 6.10 Å². The molecule has 0 aliphatic rings. The molecule has 0 saturated carbocycles. The number of carbonyl (C=O) groups is 1. The van der Waals surface area contributed by atoms with Crippen LogP contribution in [-0.4, -0.2) is 18.5 Å². The maximum Gasteiger partial charge on any atom is 0.396 e. The highest BCUT2D eigenvalue weighted by atomic mass is 31.2. The fourth-order valence-electron chi connectivity index (χ4n) is 1.12. The van der Waals surface area contributed by atoms with Crippen LogP contribution < -0.4 is 4.74 Å². The Labute approximate surface area is 95.0 Å². The minimum atomic E-state index is -3.37. The summed E-state index contributed by atoms with van der Waals surface area (Å²) >= 11 is 0. The van der Waals surface area contributed by atoms with Gasteiger partial charge in [0, 0.05) is 6.66 Å². The molecule has 0 heterocycles. The van der Waals surface area contributed by atoms with Gasteiger partial charge in [0.25, 0.3) is 0 Å². The van der Waals surface area contributed by atoms with Crippen LogP contribution in [0.1, 0.15) is 13.8 Å². The number of rotatable bonds is 4. The Hall–Kier alpha value is -1.12. The maximum absolute atomic E-state index is 11.8. The van der Waals surface area contributed by atoms with Crippen molar-refractivity contribution in [1.82, 2.24) is 0 Å². The standard InChI is InChI=1S/C11H15O4P/c1-9(2)15-16(3,13)11(12)14-10-7-5-4-6-8-10/h4-9H,1-3H3/t16-/m0/s1. The van der Waals surface area contributed by atoms with E-state index in [9.17, 15) is 9.36 Å². The average molecular weight is 242 g/mol. The van der Waals surface area contributed by atoms with Gasteiger partial charge in [0.2, 0.25) is 0 Å². The maximum atomic E-state index is 11.8. The van der Waals surface area contributed by atoms with Gasteiger partial charge in [0.1, 0.15) is 5.75 Å². The average Bonchev–Trinajstić information content (AvgIpc) is 2.17. The predicted octanol–water partition coefficient (Wildman–Crippen LogP) is 3.52. The van der Waals surface area contributed by atoms with Crippen molar-refractivity contribution in [3.05, 3.63) is 30.3 Å². The van der Waals surface area contributed by atoms with Gasteiger partial charge in [-0.1, -0.05) is 18.2 Å². The summed E-state index contributed by atoms with van der Waals surface area (Å²) in [6.07, 6.45) is -0.279. The largest absolute Gasteiger partial charge is 0.419 e. The summed E-state index contributed by atoms with van der Waals surface area (Å²) in [6.45, 7) is 4.69. The second-order valence-corrected chi connectivity index (χ2v) is 5.95. The van der Waals surface area contributed by atoms with Gasteiger partial charge in [-0.05, 0) is 26.0 Å². The summed E-state index contributed by atoms with van der Waals surface area (Å²) in [4.78, 5) is 11.6. The zero-order valence-corrected chi connectivity index (χ0v) is 10.4. The highest BCUT2D eigenvalue weighted by Crippen LogP contribution is 2.45. The van der Waals surface area contributed by atoms with Crippen LogP contribution in [0.3, 0.4) is 0 Å². The molecule has 4 nitrogen and oxygen atoms in total. The van der Waals surface area contributed by atoms with E-state index in [0.29, 0.717) is 5.75 Å². The molecule has 5 heteroatoms. The first-order valence-electron chi connectivity index (χ1n) is 4.95. The minimum Gasteiger partial charge on any atom is -0.419 e. The first kappa shape index (κ1) is 12.9. The minimum absolute atomic E-state index is 0.279. The summed E-state index contributed by atoms with van der Waals surface area (Å²) in [6, 6.07) is 8.49. The van der Waals surface area contributed by atoms with E-state index >= 15 is 0 Å². The van der Waals surface area contributed by atoms with Crippen LogP contribution in [0.25, 0.3) is 0 Å². The second kappa shape index (κ2) is 5.28. The van der Waals surface area contributed by atoms with Crippen molar-refractivity contribution in [2.24, 2.45) is 0 Å². The van der Waals surface area contributed by atoms with Gasteiger partial charge < -0.3 is 9.26 Å². The van der Waals surface area contributed by atoms with Crippen LogP contribution in [0.4, 0.5) is 4.79 Å². The molecule has 0 radical (unpaired) electrons. The third-order valence-electron chi connectivity index (χ3n) is 1.69. The highest BCUT2D eigenvalue weighted by molar-refractivity contribution is 7.75. The first-order valence-corrected chi connectivity index (χ1v) is 7.02. The zero-order valence-electron chi connectivity index (χ0n) is 9.54. The molecule has 88 valence electrons. The van der Waals surface area contributed by atoms with E-state index in [1.54, 1.807) is 44.2 Å². The molecule has 1 aromatic rings. The molecule has 0 aliphatic carbocycles. The third-order valence-corrected chi connectivity index (χ3v) is 3.27. The number of benzene rings is 1. The molecule has 0 aromatic heterocycles. The van der Waals surface area contributed by atoms with Crippen molar-refractivity contribution < 1.29 is 18.6 Å². The van der Waals surface area contributed by atoms with E-state index < -0.39 is 13.1 Å². The van der Waals surface area contributed by atoms with Crippen LogP contribution >= 0.6 is 7.37 Å². The lowest BCUT2D eigenvalue weighted by atomic mass is 10.3.